The lowest BCUT2D eigenvalue weighted by atomic mass is 10.3. The van der Waals surface area contributed by atoms with Crippen LogP contribution in [0.15, 0.2) is 22.8 Å². The van der Waals surface area contributed by atoms with Crippen LogP contribution in [0.2, 0.25) is 0 Å². The minimum absolute atomic E-state index is 1.01. The van der Waals surface area contributed by atoms with Crippen molar-refractivity contribution >= 4 is 11.8 Å². The highest BCUT2D eigenvalue weighted by Gasteiger charge is 1.95. The average molecular weight is 213 g/mol. The summed E-state index contributed by atoms with van der Waals surface area (Å²) in [5, 5.41) is 3.32. The quantitative estimate of drug-likeness (QED) is 0.672. The summed E-state index contributed by atoms with van der Waals surface area (Å²) in [7, 11) is 0. The molecule has 0 bridgehead atoms. The maximum Gasteiger partial charge on any atom is 0.113 e. The van der Waals surface area contributed by atoms with Gasteiger partial charge in [0.25, 0.3) is 0 Å². The topological polar surface area (TPSA) is 25.2 Å². The van der Waals surface area contributed by atoms with Gasteiger partial charge in [0.05, 0.1) is 12.0 Å². The average Bonchev–Trinajstić information content (AvgIpc) is 2.69. The Labute approximate surface area is 90.5 Å². The monoisotopic (exact) mass is 213 g/mol. The Kier molecular flexibility index (Phi) is 6.62. The predicted octanol–water partition coefficient (Wildman–Crippen LogP) is 2.90. The fourth-order valence-corrected chi connectivity index (χ4v) is 2.12. The molecule has 1 aromatic rings. The third-order valence-electron chi connectivity index (χ3n) is 1.97. The van der Waals surface area contributed by atoms with E-state index in [1.807, 2.05) is 23.9 Å². The van der Waals surface area contributed by atoms with Gasteiger partial charge in [0.15, 0.2) is 0 Å². The summed E-state index contributed by atoms with van der Waals surface area (Å²) in [6.45, 7) is 4.38. The highest BCUT2D eigenvalue weighted by molar-refractivity contribution is 7.98. The molecule has 0 atom stereocenters. The van der Waals surface area contributed by atoms with Gasteiger partial charge >= 0.3 is 0 Å². The van der Waals surface area contributed by atoms with Crippen molar-refractivity contribution in [1.82, 2.24) is 5.32 Å². The van der Waals surface area contributed by atoms with Crippen molar-refractivity contribution in [2.45, 2.75) is 25.5 Å². The van der Waals surface area contributed by atoms with E-state index < -0.39 is 0 Å². The molecule has 0 saturated carbocycles. The van der Waals surface area contributed by atoms with Crippen molar-refractivity contribution in [1.29, 1.82) is 0 Å². The Hall–Kier alpha value is -0.410. The number of thioether (sulfide) groups is 1. The molecular formula is C11H19NOS. The van der Waals surface area contributed by atoms with Crippen LogP contribution in [0, 0.1) is 0 Å². The van der Waals surface area contributed by atoms with Crippen LogP contribution < -0.4 is 5.32 Å². The lowest BCUT2D eigenvalue weighted by molar-refractivity contribution is 0.530. The van der Waals surface area contributed by atoms with Gasteiger partial charge in [-0.2, -0.15) is 11.8 Å². The zero-order valence-corrected chi connectivity index (χ0v) is 9.61. The number of hydrogen-bond acceptors (Lipinski definition) is 3. The van der Waals surface area contributed by atoms with Crippen LogP contribution >= 0.6 is 11.8 Å². The summed E-state index contributed by atoms with van der Waals surface area (Å²) >= 11 is 1.95. The molecule has 1 N–H and O–H groups in total. The number of furan rings is 1. The first kappa shape index (κ1) is 11.7. The molecule has 0 unspecified atom stereocenters. The highest BCUT2D eigenvalue weighted by Crippen LogP contribution is 2.13. The lowest BCUT2D eigenvalue weighted by Crippen LogP contribution is -2.13. The molecule has 0 aromatic carbocycles. The van der Waals surface area contributed by atoms with Crippen LogP contribution in [0.5, 0.6) is 0 Å². The van der Waals surface area contributed by atoms with E-state index in [0.717, 1.165) is 24.6 Å². The van der Waals surface area contributed by atoms with E-state index in [1.165, 1.54) is 18.6 Å². The standard InChI is InChI=1S/C11H19NOS/c1-2-12-7-3-4-9-14-10-11-6-5-8-13-11/h5-6,8,12H,2-4,7,9-10H2,1H3. The first-order valence-electron chi connectivity index (χ1n) is 5.24. The first-order valence-corrected chi connectivity index (χ1v) is 6.39. The molecule has 14 heavy (non-hydrogen) atoms. The summed E-state index contributed by atoms with van der Waals surface area (Å²) in [6, 6.07) is 3.98. The van der Waals surface area contributed by atoms with Gasteiger partial charge in [-0.15, -0.1) is 0 Å². The smallest absolute Gasteiger partial charge is 0.113 e. The van der Waals surface area contributed by atoms with E-state index in [9.17, 15) is 0 Å². The Bertz CT molecular complexity index is 211. The SMILES string of the molecule is CCNCCCCSCc1ccco1. The van der Waals surface area contributed by atoms with E-state index in [-0.39, 0.29) is 0 Å². The Morgan fingerprint density at radius 3 is 3.07 bits per heavy atom. The molecule has 2 nitrogen and oxygen atoms in total. The number of hydrogen-bond donors (Lipinski definition) is 1. The summed E-state index contributed by atoms with van der Waals surface area (Å²) in [5.41, 5.74) is 0. The number of unbranched alkanes of at least 4 members (excludes halogenated alkanes) is 1. The van der Waals surface area contributed by atoms with Gasteiger partial charge in [-0.3, -0.25) is 0 Å². The third-order valence-corrected chi connectivity index (χ3v) is 3.03. The molecule has 80 valence electrons. The zero-order chi connectivity index (χ0) is 10.1. The molecule has 1 heterocycles. The molecule has 0 saturated heterocycles. The van der Waals surface area contributed by atoms with E-state index >= 15 is 0 Å². The van der Waals surface area contributed by atoms with E-state index in [2.05, 4.69) is 12.2 Å². The normalized spacial score (nSPS) is 10.6. The summed E-state index contributed by atoms with van der Waals surface area (Å²) < 4.78 is 5.25. The second-order valence-electron chi connectivity index (χ2n) is 3.19. The third kappa shape index (κ3) is 5.35. The molecular weight excluding hydrogens is 194 g/mol. The van der Waals surface area contributed by atoms with Crippen molar-refractivity contribution in [3.63, 3.8) is 0 Å². The summed E-state index contributed by atoms with van der Waals surface area (Å²) in [6.07, 6.45) is 4.30. The van der Waals surface area contributed by atoms with Crippen molar-refractivity contribution in [3.8, 4) is 0 Å². The zero-order valence-electron chi connectivity index (χ0n) is 8.79. The number of nitrogens with one attached hydrogen (secondary N) is 1. The van der Waals surface area contributed by atoms with E-state index in [1.54, 1.807) is 6.26 Å². The lowest BCUT2D eigenvalue weighted by Gasteiger charge is -2.01. The van der Waals surface area contributed by atoms with E-state index in [4.69, 9.17) is 4.42 Å². The van der Waals surface area contributed by atoms with Gasteiger partial charge in [0.2, 0.25) is 0 Å². The second-order valence-corrected chi connectivity index (χ2v) is 4.30. The van der Waals surface area contributed by atoms with Gasteiger partial charge in [-0.05, 0) is 43.8 Å². The Balaban J connectivity index is 1.85. The largest absolute Gasteiger partial charge is 0.468 e. The molecule has 0 aliphatic carbocycles. The molecule has 0 amide bonds. The van der Waals surface area contributed by atoms with Gasteiger partial charge < -0.3 is 9.73 Å². The van der Waals surface area contributed by atoms with Crippen molar-refractivity contribution < 1.29 is 4.42 Å². The molecule has 0 radical (unpaired) electrons. The van der Waals surface area contributed by atoms with E-state index in [0.29, 0.717) is 0 Å². The van der Waals surface area contributed by atoms with Gasteiger partial charge in [0, 0.05) is 0 Å². The fraction of sp³-hybridized carbons (Fsp3) is 0.636. The van der Waals surface area contributed by atoms with Crippen LogP contribution in [0.25, 0.3) is 0 Å². The second kappa shape index (κ2) is 7.94. The minimum Gasteiger partial charge on any atom is -0.468 e. The maximum absolute atomic E-state index is 5.25. The number of rotatable bonds is 8. The van der Waals surface area contributed by atoms with Crippen molar-refractivity contribution in [2.75, 3.05) is 18.8 Å². The molecule has 1 rings (SSSR count). The summed E-state index contributed by atoms with van der Waals surface area (Å²) in [4.78, 5) is 0. The summed E-state index contributed by atoms with van der Waals surface area (Å²) in [5.74, 6) is 3.32. The minimum atomic E-state index is 1.01. The molecule has 0 aliphatic heterocycles. The molecule has 0 fully saturated rings. The molecule has 1 aromatic heterocycles. The molecule has 0 aliphatic rings. The fourth-order valence-electron chi connectivity index (χ4n) is 1.20. The van der Waals surface area contributed by atoms with Crippen LogP contribution in [0.3, 0.4) is 0 Å². The van der Waals surface area contributed by atoms with Gasteiger partial charge in [-0.1, -0.05) is 6.92 Å². The van der Waals surface area contributed by atoms with Crippen LogP contribution in [0.1, 0.15) is 25.5 Å². The first-order chi connectivity index (χ1) is 6.93. The van der Waals surface area contributed by atoms with Crippen molar-refractivity contribution in [3.05, 3.63) is 24.2 Å². The predicted molar refractivity (Wildman–Crippen MR) is 62.6 cm³/mol. The van der Waals surface area contributed by atoms with Crippen molar-refractivity contribution in [2.24, 2.45) is 0 Å². The van der Waals surface area contributed by atoms with Gasteiger partial charge in [0.1, 0.15) is 5.76 Å². The highest BCUT2D eigenvalue weighted by atomic mass is 32.2. The molecule has 0 spiro atoms. The molecule has 3 heteroatoms. The Morgan fingerprint density at radius 2 is 2.36 bits per heavy atom. The Morgan fingerprint density at radius 1 is 1.43 bits per heavy atom. The van der Waals surface area contributed by atoms with Gasteiger partial charge in [-0.25, -0.2) is 0 Å². The maximum atomic E-state index is 5.25. The van der Waals surface area contributed by atoms with Crippen LogP contribution in [-0.2, 0) is 5.75 Å². The van der Waals surface area contributed by atoms with Crippen LogP contribution in [-0.4, -0.2) is 18.8 Å². The van der Waals surface area contributed by atoms with Crippen LogP contribution in [0.4, 0.5) is 0 Å².